The Morgan fingerprint density at radius 2 is 1.95 bits per heavy atom. The number of rotatable bonds is 5. The maximum absolute atomic E-state index is 11.7. The third kappa shape index (κ3) is 3.46. The SMILES string of the molecule is CCCCn1nc(C(N)c2ccc(Cl)cc2)ccc1=O. The van der Waals surface area contributed by atoms with E-state index in [-0.39, 0.29) is 11.6 Å². The summed E-state index contributed by atoms with van der Waals surface area (Å²) in [6, 6.07) is 10.2. The highest BCUT2D eigenvalue weighted by molar-refractivity contribution is 6.30. The highest BCUT2D eigenvalue weighted by atomic mass is 35.5. The molecule has 0 aliphatic rings. The van der Waals surface area contributed by atoms with E-state index in [1.165, 1.54) is 10.7 Å². The van der Waals surface area contributed by atoms with Gasteiger partial charge in [0, 0.05) is 17.6 Å². The molecule has 1 aromatic carbocycles. The molecule has 2 aromatic rings. The Morgan fingerprint density at radius 3 is 2.60 bits per heavy atom. The molecule has 20 heavy (non-hydrogen) atoms. The van der Waals surface area contributed by atoms with Crippen LogP contribution in [0.3, 0.4) is 0 Å². The number of hydrogen-bond acceptors (Lipinski definition) is 3. The Hall–Kier alpha value is -1.65. The lowest BCUT2D eigenvalue weighted by Gasteiger charge is -2.13. The molecule has 2 rings (SSSR count). The van der Waals surface area contributed by atoms with E-state index in [1.807, 2.05) is 12.1 Å². The number of aromatic nitrogens is 2. The van der Waals surface area contributed by atoms with Crippen LogP contribution in [0.1, 0.15) is 37.1 Å². The van der Waals surface area contributed by atoms with E-state index in [1.54, 1.807) is 18.2 Å². The van der Waals surface area contributed by atoms with Crippen molar-refractivity contribution in [2.45, 2.75) is 32.4 Å². The number of halogens is 1. The molecule has 1 atom stereocenters. The smallest absolute Gasteiger partial charge is 0.266 e. The molecule has 2 N–H and O–H groups in total. The van der Waals surface area contributed by atoms with Crippen molar-refractivity contribution in [1.29, 1.82) is 0 Å². The van der Waals surface area contributed by atoms with Crippen LogP contribution < -0.4 is 11.3 Å². The average Bonchev–Trinajstić information content (AvgIpc) is 2.46. The average molecular weight is 292 g/mol. The Kier molecular flexibility index (Phi) is 4.93. The fraction of sp³-hybridized carbons (Fsp3) is 0.333. The summed E-state index contributed by atoms with van der Waals surface area (Å²) in [6.45, 7) is 2.70. The van der Waals surface area contributed by atoms with E-state index in [4.69, 9.17) is 17.3 Å². The summed E-state index contributed by atoms with van der Waals surface area (Å²) in [6.07, 6.45) is 1.94. The fourth-order valence-electron chi connectivity index (χ4n) is 1.94. The van der Waals surface area contributed by atoms with Gasteiger partial charge in [-0.25, -0.2) is 4.68 Å². The predicted octanol–water partition coefficient (Wildman–Crippen LogP) is 2.74. The summed E-state index contributed by atoms with van der Waals surface area (Å²) in [5, 5.41) is 5.02. The van der Waals surface area contributed by atoms with Gasteiger partial charge >= 0.3 is 0 Å². The highest BCUT2D eigenvalue weighted by Crippen LogP contribution is 2.19. The van der Waals surface area contributed by atoms with Crippen molar-refractivity contribution in [3.8, 4) is 0 Å². The standard InChI is InChI=1S/C15H18ClN3O/c1-2-3-10-19-14(20)9-8-13(18-19)15(17)11-4-6-12(16)7-5-11/h4-9,15H,2-3,10,17H2,1H3. The predicted molar refractivity (Wildman–Crippen MR) is 80.9 cm³/mol. The molecule has 4 nitrogen and oxygen atoms in total. The molecule has 0 saturated carbocycles. The van der Waals surface area contributed by atoms with Gasteiger partial charge < -0.3 is 5.73 Å². The Bertz CT molecular complexity index is 622. The van der Waals surface area contributed by atoms with Crippen molar-refractivity contribution in [3.05, 3.63) is 63.0 Å². The first-order valence-corrected chi connectivity index (χ1v) is 7.08. The quantitative estimate of drug-likeness (QED) is 0.921. The molecule has 0 spiro atoms. The molecular formula is C15H18ClN3O. The van der Waals surface area contributed by atoms with Gasteiger partial charge in [0.2, 0.25) is 0 Å². The Labute approximate surface area is 123 Å². The molecule has 0 aliphatic heterocycles. The van der Waals surface area contributed by atoms with E-state index in [2.05, 4.69) is 12.0 Å². The highest BCUT2D eigenvalue weighted by Gasteiger charge is 2.12. The summed E-state index contributed by atoms with van der Waals surface area (Å²) in [5.74, 6) is 0. The van der Waals surface area contributed by atoms with Crippen LogP contribution in [0.25, 0.3) is 0 Å². The van der Waals surface area contributed by atoms with Gasteiger partial charge in [0.05, 0.1) is 11.7 Å². The Morgan fingerprint density at radius 1 is 1.25 bits per heavy atom. The minimum atomic E-state index is -0.360. The second-order valence-electron chi connectivity index (χ2n) is 4.70. The summed E-state index contributed by atoms with van der Waals surface area (Å²) in [7, 11) is 0. The number of nitrogens with two attached hydrogens (primary N) is 1. The largest absolute Gasteiger partial charge is 0.319 e. The van der Waals surface area contributed by atoms with Gasteiger partial charge in [0.15, 0.2) is 0 Å². The van der Waals surface area contributed by atoms with E-state index in [0.29, 0.717) is 17.3 Å². The van der Waals surface area contributed by atoms with Crippen LogP contribution in [-0.4, -0.2) is 9.78 Å². The maximum Gasteiger partial charge on any atom is 0.266 e. The maximum atomic E-state index is 11.7. The molecule has 0 fully saturated rings. The van der Waals surface area contributed by atoms with Crippen molar-refractivity contribution in [2.24, 2.45) is 5.73 Å². The molecule has 1 heterocycles. The van der Waals surface area contributed by atoms with E-state index in [9.17, 15) is 4.79 Å². The number of aryl methyl sites for hydroxylation is 1. The summed E-state index contributed by atoms with van der Waals surface area (Å²) >= 11 is 5.86. The first-order valence-electron chi connectivity index (χ1n) is 6.71. The zero-order chi connectivity index (χ0) is 14.5. The number of hydrogen-bond donors (Lipinski definition) is 1. The van der Waals surface area contributed by atoms with Crippen LogP contribution in [-0.2, 0) is 6.54 Å². The molecule has 0 saturated heterocycles. The third-order valence-electron chi connectivity index (χ3n) is 3.16. The van der Waals surface area contributed by atoms with Crippen molar-refractivity contribution in [2.75, 3.05) is 0 Å². The second-order valence-corrected chi connectivity index (χ2v) is 5.14. The zero-order valence-electron chi connectivity index (χ0n) is 11.4. The van der Waals surface area contributed by atoms with Gasteiger partial charge in [-0.05, 0) is 30.2 Å². The monoisotopic (exact) mass is 291 g/mol. The van der Waals surface area contributed by atoms with Crippen molar-refractivity contribution in [3.63, 3.8) is 0 Å². The molecule has 1 aromatic heterocycles. The molecule has 106 valence electrons. The van der Waals surface area contributed by atoms with E-state index < -0.39 is 0 Å². The van der Waals surface area contributed by atoms with Gasteiger partial charge in [0.1, 0.15) is 0 Å². The van der Waals surface area contributed by atoms with E-state index >= 15 is 0 Å². The summed E-state index contributed by atoms with van der Waals surface area (Å²) in [4.78, 5) is 11.7. The molecular weight excluding hydrogens is 274 g/mol. The lowest BCUT2D eigenvalue weighted by molar-refractivity contribution is 0.527. The molecule has 0 amide bonds. The van der Waals surface area contributed by atoms with Crippen LogP contribution in [0, 0.1) is 0 Å². The van der Waals surface area contributed by atoms with Crippen LogP contribution in [0.5, 0.6) is 0 Å². The third-order valence-corrected chi connectivity index (χ3v) is 3.41. The normalized spacial score (nSPS) is 12.3. The van der Waals surface area contributed by atoms with Gasteiger partial charge in [-0.2, -0.15) is 5.10 Å². The number of benzene rings is 1. The Balaban J connectivity index is 2.27. The van der Waals surface area contributed by atoms with Crippen LogP contribution in [0.2, 0.25) is 5.02 Å². The van der Waals surface area contributed by atoms with Gasteiger partial charge in [0.25, 0.3) is 5.56 Å². The molecule has 0 bridgehead atoms. The summed E-state index contributed by atoms with van der Waals surface area (Å²) < 4.78 is 1.48. The first-order chi connectivity index (χ1) is 9.61. The minimum Gasteiger partial charge on any atom is -0.319 e. The van der Waals surface area contributed by atoms with Crippen LogP contribution in [0.15, 0.2) is 41.2 Å². The van der Waals surface area contributed by atoms with E-state index in [0.717, 1.165) is 18.4 Å². The second kappa shape index (κ2) is 6.68. The minimum absolute atomic E-state index is 0.0921. The molecule has 0 aliphatic carbocycles. The van der Waals surface area contributed by atoms with Gasteiger partial charge in [-0.15, -0.1) is 0 Å². The van der Waals surface area contributed by atoms with Gasteiger partial charge in [-0.3, -0.25) is 4.79 Å². The lowest BCUT2D eigenvalue weighted by atomic mass is 10.0. The summed E-state index contributed by atoms with van der Waals surface area (Å²) in [5.41, 5.74) is 7.70. The zero-order valence-corrected chi connectivity index (χ0v) is 12.2. The number of nitrogens with zero attached hydrogens (tertiary/aromatic N) is 2. The molecule has 5 heteroatoms. The van der Waals surface area contributed by atoms with Crippen molar-refractivity contribution >= 4 is 11.6 Å². The van der Waals surface area contributed by atoms with Crippen molar-refractivity contribution < 1.29 is 0 Å². The molecule has 1 unspecified atom stereocenters. The van der Waals surface area contributed by atoms with Crippen LogP contribution in [0.4, 0.5) is 0 Å². The topological polar surface area (TPSA) is 60.9 Å². The fourth-order valence-corrected chi connectivity index (χ4v) is 2.07. The van der Waals surface area contributed by atoms with Gasteiger partial charge in [-0.1, -0.05) is 37.1 Å². The molecule has 0 radical (unpaired) electrons. The first kappa shape index (κ1) is 14.8. The number of unbranched alkanes of at least 4 members (excludes halogenated alkanes) is 1. The van der Waals surface area contributed by atoms with Crippen LogP contribution >= 0.6 is 11.6 Å². The van der Waals surface area contributed by atoms with Crippen molar-refractivity contribution in [1.82, 2.24) is 9.78 Å². The lowest BCUT2D eigenvalue weighted by Crippen LogP contribution is -2.26.